The van der Waals surface area contributed by atoms with E-state index in [0.29, 0.717) is 23.9 Å². The van der Waals surface area contributed by atoms with E-state index in [2.05, 4.69) is 39.0 Å². The third-order valence-electron chi connectivity index (χ3n) is 6.65. The minimum Gasteiger partial charge on any atom is -0.481 e. The second-order valence-corrected chi connectivity index (χ2v) is 11.0. The predicted molar refractivity (Wildman–Crippen MR) is 155 cm³/mol. The molecule has 0 saturated heterocycles. The van der Waals surface area contributed by atoms with E-state index in [1.54, 1.807) is 7.11 Å². The zero-order valence-electron chi connectivity index (χ0n) is 21.6. The molecule has 3 aromatic carbocycles. The molecule has 192 valence electrons. The Morgan fingerprint density at radius 3 is 2.32 bits per heavy atom. The first-order chi connectivity index (χ1) is 17.7. The molecule has 2 atom stereocenters. The normalized spacial score (nSPS) is 13.8. The van der Waals surface area contributed by atoms with Gasteiger partial charge in [-0.1, -0.05) is 76.1 Å². The molecule has 2 unspecified atom stereocenters. The summed E-state index contributed by atoms with van der Waals surface area (Å²) in [5.74, 6) is 0.0149. The van der Waals surface area contributed by atoms with Crippen LogP contribution in [0.25, 0.3) is 11.1 Å². The predicted octanol–water partition coefficient (Wildman–Crippen LogP) is 7.45. The molecule has 1 N–H and O–H groups in total. The van der Waals surface area contributed by atoms with E-state index in [0.717, 1.165) is 37.9 Å². The van der Waals surface area contributed by atoms with E-state index < -0.39 is 11.5 Å². The first kappa shape index (κ1) is 27.3. The van der Waals surface area contributed by atoms with Gasteiger partial charge in [0.1, 0.15) is 5.60 Å². The quantitative estimate of drug-likeness (QED) is 0.224. The van der Waals surface area contributed by atoms with Crippen LogP contribution in [0.1, 0.15) is 34.6 Å². The number of benzene rings is 3. The molecule has 0 radical (unpaired) electrons. The topological polar surface area (TPSA) is 45.6 Å². The smallest absolute Gasteiger partial charge is 0.217 e. The number of nitrogens with zero attached hydrogens (tertiary/aromatic N) is 2. The summed E-state index contributed by atoms with van der Waals surface area (Å²) >= 11 is 10.0. The summed E-state index contributed by atoms with van der Waals surface area (Å²) < 4.78 is 6.80. The third kappa shape index (κ3) is 6.24. The molecule has 0 fully saturated rings. The average molecular weight is 580 g/mol. The van der Waals surface area contributed by atoms with Crippen molar-refractivity contribution in [3.8, 4) is 17.0 Å². The van der Waals surface area contributed by atoms with Crippen LogP contribution >= 0.6 is 27.5 Å². The number of hydrogen-bond acceptors (Lipinski definition) is 4. The van der Waals surface area contributed by atoms with Crippen molar-refractivity contribution in [2.24, 2.45) is 0 Å². The van der Waals surface area contributed by atoms with Gasteiger partial charge in [0.25, 0.3) is 0 Å². The van der Waals surface area contributed by atoms with Crippen molar-refractivity contribution < 1.29 is 9.84 Å². The van der Waals surface area contributed by atoms with Crippen molar-refractivity contribution in [2.75, 3.05) is 27.7 Å². The van der Waals surface area contributed by atoms with Crippen molar-refractivity contribution >= 4 is 27.5 Å². The zero-order chi connectivity index (χ0) is 26.6. The van der Waals surface area contributed by atoms with E-state index in [-0.39, 0.29) is 0 Å². The van der Waals surface area contributed by atoms with Gasteiger partial charge in [0.2, 0.25) is 5.88 Å². The van der Waals surface area contributed by atoms with Crippen LogP contribution in [0.5, 0.6) is 5.88 Å². The Bertz CT molecular complexity index is 1330. The number of rotatable bonds is 9. The molecule has 4 rings (SSSR count). The van der Waals surface area contributed by atoms with Crippen LogP contribution in [0.4, 0.5) is 0 Å². The van der Waals surface area contributed by atoms with Gasteiger partial charge in [-0.2, -0.15) is 0 Å². The summed E-state index contributed by atoms with van der Waals surface area (Å²) in [6.07, 6.45) is 2.29. The Morgan fingerprint density at radius 1 is 1.00 bits per heavy atom. The molecular formula is C31H32BrClN2O2. The highest BCUT2D eigenvalue weighted by Crippen LogP contribution is 2.48. The fourth-order valence-electron chi connectivity index (χ4n) is 4.84. The number of halogens is 2. The lowest BCUT2D eigenvalue weighted by Crippen LogP contribution is -2.38. The molecule has 6 heteroatoms. The molecule has 1 aromatic heterocycles. The van der Waals surface area contributed by atoms with E-state index in [1.807, 2.05) is 87.9 Å². The molecular weight excluding hydrogens is 548 g/mol. The summed E-state index contributed by atoms with van der Waals surface area (Å²) in [5, 5.41) is 13.4. The second-order valence-electron chi connectivity index (χ2n) is 9.67. The van der Waals surface area contributed by atoms with Crippen LogP contribution in [0.3, 0.4) is 0 Å². The van der Waals surface area contributed by atoms with Gasteiger partial charge in [0.05, 0.1) is 7.11 Å². The summed E-state index contributed by atoms with van der Waals surface area (Å²) in [4.78, 5) is 6.78. The number of aliphatic hydroxyl groups is 1. The first-order valence-corrected chi connectivity index (χ1v) is 13.4. The molecule has 0 aliphatic carbocycles. The molecule has 1 heterocycles. The maximum atomic E-state index is 12.8. The van der Waals surface area contributed by atoms with Crippen LogP contribution in [-0.2, 0) is 5.60 Å². The van der Waals surface area contributed by atoms with Gasteiger partial charge in [-0.3, -0.25) is 0 Å². The van der Waals surface area contributed by atoms with E-state index in [1.165, 1.54) is 0 Å². The summed E-state index contributed by atoms with van der Waals surface area (Å²) in [6, 6.07) is 26.1. The molecule has 4 nitrogen and oxygen atoms in total. The molecule has 0 saturated carbocycles. The Kier molecular flexibility index (Phi) is 8.71. The molecule has 0 spiro atoms. The van der Waals surface area contributed by atoms with Crippen LogP contribution in [0.2, 0.25) is 5.02 Å². The van der Waals surface area contributed by atoms with E-state index in [9.17, 15) is 5.11 Å². The number of aromatic nitrogens is 1. The molecule has 0 aliphatic heterocycles. The summed E-state index contributed by atoms with van der Waals surface area (Å²) in [6.45, 7) is 2.67. The molecule has 4 aromatic rings. The number of methoxy groups -OCH3 is 1. The monoisotopic (exact) mass is 578 g/mol. The Morgan fingerprint density at radius 2 is 1.70 bits per heavy atom. The van der Waals surface area contributed by atoms with Crippen LogP contribution in [0.15, 0.2) is 89.5 Å². The third-order valence-corrected chi connectivity index (χ3v) is 7.40. The Hall–Kier alpha value is -2.70. The van der Waals surface area contributed by atoms with Gasteiger partial charge in [-0.25, -0.2) is 4.98 Å². The van der Waals surface area contributed by atoms with Gasteiger partial charge in [-0.05, 0) is 80.0 Å². The largest absolute Gasteiger partial charge is 0.481 e. The van der Waals surface area contributed by atoms with Crippen molar-refractivity contribution in [3.05, 3.63) is 117 Å². The van der Waals surface area contributed by atoms with Gasteiger partial charge in [0.15, 0.2) is 0 Å². The average Bonchev–Trinajstić information content (AvgIpc) is 2.88. The van der Waals surface area contributed by atoms with Crippen LogP contribution in [0, 0.1) is 6.92 Å². The number of ether oxygens (including phenoxy) is 1. The van der Waals surface area contributed by atoms with Crippen molar-refractivity contribution in [3.63, 3.8) is 0 Å². The van der Waals surface area contributed by atoms with E-state index in [4.69, 9.17) is 21.3 Å². The van der Waals surface area contributed by atoms with Gasteiger partial charge < -0.3 is 14.7 Å². The van der Waals surface area contributed by atoms with E-state index >= 15 is 0 Å². The fraction of sp³-hybridized carbons (Fsp3) is 0.258. The highest BCUT2D eigenvalue weighted by molar-refractivity contribution is 9.10. The molecule has 37 heavy (non-hydrogen) atoms. The SMILES string of the molecule is COc1ncc(-c2ccc(Br)cc2)cc1C(c1ccccc1)C(O)(CCN(C)C)c1cc(C)cc(Cl)c1. The summed E-state index contributed by atoms with van der Waals surface area (Å²) in [5.41, 5.74) is 4.22. The maximum Gasteiger partial charge on any atom is 0.217 e. The minimum absolute atomic E-state index is 0.468. The summed E-state index contributed by atoms with van der Waals surface area (Å²) in [7, 11) is 5.64. The number of aryl methyl sites for hydroxylation is 1. The Labute approximate surface area is 233 Å². The number of pyridine rings is 1. The van der Waals surface area contributed by atoms with Gasteiger partial charge in [-0.15, -0.1) is 0 Å². The molecule has 0 amide bonds. The second kappa shape index (κ2) is 11.8. The standard InChI is InChI=1S/C31H32BrClN2O2/c1-21-16-25(19-27(33)17-21)31(36,14-15-35(2)3)29(23-8-6-5-7-9-23)28-18-24(20-34-30(28)37-4)22-10-12-26(32)13-11-22/h5-13,16-20,29,36H,14-15H2,1-4H3. The van der Waals surface area contributed by atoms with Crippen molar-refractivity contribution in [1.82, 2.24) is 9.88 Å². The highest BCUT2D eigenvalue weighted by Gasteiger charge is 2.42. The first-order valence-electron chi connectivity index (χ1n) is 12.2. The van der Waals surface area contributed by atoms with Crippen molar-refractivity contribution in [1.29, 1.82) is 0 Å². The zero-order valence-corrected chi connectivity index (χ0v) is 23.9. The highest BCUT2D eigenvalue weighted by atomic mass is 79.9. The maximum absolute atomic E-state index is 12.8. The van der Waals surface area contributed by atoms with Crippen molar-refractivity contribution in [2.45, 2.75) is 24.9 Å². The lowest BCUT2D eigenvalue weighted by Gasteiger charge is -2.39. The number of hydrogen-bond donors (Lipinski definition) is 1. The van der Waals surface area contributed by atoms with Crippen LogP contribution in [-0.4, -0.2) is 42.7 Å². The van der Waals surface area contributed by atoms with Gasteiger partial charge in [0, 0.05) is 39.3 Å². The minimum atomic E-state index is -1.30. The fourth-order valence-corrected chi connectivity index (χ4v) is 5.39. The lowest BCUT2D eigenvalue weighted by atomic mass is 9.71. The molecule has 0 bridgehead atoms. The molecule has 0 aliphatic rings. The van der Waals surface area contributed by atoms with Crippen LogP contribution < -0.4 is 4.74 Å². The lowest BCUT2D eigenvalue weighted by molar-refractivity contribution is 0.00372. The Balaban J connectivity index is 2.00. The van der Waals surface area contributed by atoms with Gasteiger partial charge >= 0.3 is 0 Å².